The molecule has 0 amide bonds. The predicted molar refractivity (Wildman–Crippen MR) is 92.7 cm³/mol. The lowest BCUT2D eigenvalue weighted by Crippen LogP contribution is -2.23. The quantitative estimate of drug-likeness (QED) is 0.831. The molecular formula is C15H19Cl2N3S. The molecule has 0 unspecified atom stereocenters. The lowest BCUT2D eigenvalue weighted by molar-refractivity contribution is 0.581. The molecule has 3 nitrogen and oxygen atoms in total. The highest BCUT2D eigenvalue weighted by Gasteiger charge is 2.09. The van der Waals surface area contributed by atoms with Gasteiger partial charge >= 0.3 is 0 Å². The highest BCUT2D eigenvalue weighted by atomic mass is 35.5. The van der Waals surface area contributed by atoms with Crippen LogP contribution in [0, 0.1) is 0 Å². The van der Waals surface area contributed by atoms with Crippen molar-refractivity contribution in [1.29, 1.82) is 0 Å². The minimum Gasteiger partial charge on any atom is -0.355 e. The van der Waals surface area contributed by atoms with E-state index in [0.29, 0.717) is 17.6 Å². The normalized spacial score (nSPS) is 11.1. The van der Waals surface area contributed by atoms with Crippen molar-refractivity contribution in [2.24, 2.45) is 0 Å². The van der Waals surface area contributed by atoms with Gasteiger partial charge in [-0.1, -0.05) is 37.0 Å². The van der Waals surface area contributed by atoms with Crippen LogP contribution < -0.4 is 10.2 Å². The number of pyridine rings is 1. The molecule has 2 aromatic heterocycles. The molecular weight excluding hydrogens is 325 g/mol. The molecule has 0 bridgehead atoms. The Labute approximate surface area is 139 Å². The predicted octanol–water partition coefficient (Wildman–Crippen LogP) is 4.58. The first-order valence-electron chi connectivity index (χ1n) is 6.80. The Morgan fingerprint density at radius 1 is 1.24 bits per heavy atom. The molecule has 0 saturated carbocycles. The Morgan fingerprint density at radius 2 is 2.00 bits per heavy atom. The largest absolute Gasteiger partial charge is 0.355 e. The Kier molecular flexibility index (Phi) is 5.88. The molecule has 0 aliphatic rings. The van der Waals surface area contributed by atoms with E-state index in [-0.39, 0.29) is 0 Å². The van der Waals surface area contributed by atoms with Gasteiger partial charge in [-0.3, -0.25) is 0 Å². The summed E-state index contributed by atoms with van der Waals surface area (Å²) in [5.41, 5.74) is 0.874. The Balaban J connectivity index is 2.09. The van der Waals surface area contributed by atoms with E-state index in [0.717, 1.165) is 22.4 Å². The van der Waals surface area contributed by atoms with Crippen LogP contribution >= 0.6 is 34.5 Å². The molecule has 114 valence electrons. The average Bonchev–Trinajstić information content (AvgIpc) is 2.83. The zero-order valence-electron chi connectivity index (χ0n) is 12.4. The lowest BCUT2D eigenvalue weighted by Gasteiger charge is -2.19. The number of hydrogen-bond acceptors (Lipinski definition) is 4. The van der Waals surface area contributed by atoms with Gasteiger partial charge in [-0.05, 0) is 24.3 Å². The van der Waals surface area contributed by atoms with Crippen molar-refractivity contribution in [3.8, 4) is 0 Å². The number of aromatic nitrogens is 1. The van der Waals surface area contributed by atoms with Gasteiger partial charge in [0.05, 0.1) is 21.6 Å². The molecule has 0 spiro atoms. The van der Waals surface area contributed by atoms with Gasteiger partial charge in [-0.25, -0.2) is 4.98 Å². The van der Waals surface area contributed by atoms with Crippen molar-refractivity contribution in [3.63, 3.8) is 0 Å². The van der Waals surface area contributed by atoms with Gasteiger partial charge < -0.3 is 10.2 Å². The molecule has 1 N–H and O–H groups in total. The minimum atomic E-state index is 0.400. The van der Waals surface area contributed by atoms with Gasteiger partial charge in [0.2, 0.25) is 0 Å². The SMILES string of the molecule is CC(C)NCc1nc(N(C)Cc2ccc(Cl)s2)ccc1Cl. The van der Waals surface area contributed by atoms with Crippen molar-refractivity contribution in [2.75, 3.05) is 11.9 Å². The van der Waals surface area contributed by atoms with Crippen LogP contribution in [-0.4, -0.2) is 18.1 Å². The van der Waals surface area contributed by atoms with Crippen molar-refractivity contribution in [2.45, 2.75) is 33.0 Å². The van der Waals surface area contributed by atoms with Crippen molar-refractivity contribution < 1.29 is 0 Å². The van der Waals surface area contributed by atoms with E-state index >= 15 is 0 Å². The molecule has 21 heavy (non-hydrogen) atoms. The fourth-order valence-electron chi connectivity index (χ4n) is 1.86. The fourth-order valence-corrected chi connectivity index (χ4v) is 3.17. The Bertz CT molecular complexity index is 598. The molecule has 2 heterocycles. The van der Waals surface area contributed by atoms with E-state index in [1.807, 2.05) is 31.3 Å². The summed E-state index contributed by atoms with van der Waals surface area (Å²) in [6.45, 7) is 5.65. The second-order valence-corrected chi connectivity index (χ2v) is 7.40. The zero-order chi connectivity index (χ0) is 15.4. The molecule has 0 fully saturated rings. The van der Waals surface area contributed by atoms with Crippen LogP contribution in [0.15, 0.2) is 24.3 Å². The van der Waals surface area contributed by atoms with Gasteiger partial charge in [0.25, 0.3) is 0 Å². The summed E-state index contributed by atoms with van der Waals surface area (Å²) in [6, 6.07) is 8.20. The van der Waals surface area contributed by atoms with Crippen molar-refractivity contribution in [3.05, 3.63) is 44.2 Å². The number of nitrogens with one attached hydrogen (secondary N) is 1. The maximum Gasteiger partial charge on any atom is 0.129 e. The maximum absolute atomic E-state index is 6.21. The standard InChI is InChI=1S/C15H19Cl2N3S/c1-10(2)18-8-13-12(16)5-7-15(19-13)20(3)9-11-4-6-14(17)21-11/h4-7,10,18H,8-9H2,1-3H3. The summed E-state index contributed by atoms with van der Waals surface area (Å²) < 4.78 is 0.810. The summed E-state index contributed by atoms with van der Waals surface area (Å²) in [4.78, 5) is 7.95. The number of halogens is 2. The molecule has 2 rings (SSSR count). The number of nitrogens with zero attached hydrogens (tertiary/aromatic N) is 2. The first kappa shape index (κ1) is 16.6. The second-order valence-electron chi connectivity index (χ2n) is 5.20. The third kappa shape index (κ3) is 4.85. The van der Waals surface area contributed by atoms with E-state index in [2.05, 4.69) is 29.0 Å². The van der Waals surface area contributed by atoms with Crippen LogP contribution in [0.25, 0.3) is 0 Å². The van der Waals surface area contributed by atoms with E-state index in [1.165, 1.54) is 4.88 Å². The van der Waals surface area contributed by atoms with Crippen LogP contribution in [0.2, 0.25) is 9.36 Å². The third-order valence-electron chi connectivity index (χ3n) is 2.99. The molecule has 2 aromatic rings. The highest BCUT2D eigenvalue weighted by molar-refractivity contribution is 7.16. The van der Waals surface area contributed by atoms with E-state index in [1.54, 1.807) is 11.3 Å². The molecule has 0 aliphatic carbocycles. The highest BCUT2D eigenvalue weighted by Crippen LogP contribution is 2.25. The number of hydrogen-bond donors (Lipinski definition) is 1. The summed E-state index contributed by atoms with van der Waals surface area (Å²) in [5.74, 6) is 0.907. The molecule has 6 heteroatoms. The molecule has 0 saturated heterocycles. The van der Waals surface area contributed by atoms with Crippen LogP contribution in [0.3, 0.4) is 0 Å². The van der Waals surface area contributed by atoms with Crippen molar-refractivity contribution in [1.82, 2.24) is 10.3 Å². The van der Waals surface area contributed by atoms with Gasteiger partial charge in [-0.2, -0.15) is 0 Å². The Hall–Kier alpha value is -0.810. The monoisotopic (exact) mass is 343 g/mol. The lowest BCUT2D eigenvalue weighted by atomic mass is 10.3. The average molecular weight is 344 g/mol. The van der Waals surface area contributed by atoms with Gasteiger partial charge in [0.15, 0.2) is 0 Å². The molecule has 0 aromatic carbocycles. The van der Waals surface area contributed by atoms with E-state index in [4.69, 9.17) is 23.2 Å². The third-order valence-corrected chi connectivity index (χ3v) is 4.55. The minimum absolute atomic E-state index is 0.400. The number of rotatable bonds is 6. The first-order valence-corrected chi connectivity index (χ1v) is 8.37. The number of thiophene rings is 1. The summed E-state index contributed by atoms with van der Waals surface area (Å²) >= 11 is 13.8. The zero-order valence-corrected chi connectivity index (χ0v) is 14.7. The van der Waals surface area contributed by atoms with Crippen molar-refractivity contribution >= 4 is 40.4 Å². The maximum atomic E-state index is 6.21. The summed E-state index contributed by atoms with van der Waals surface area (Å²) in [6.07, 6.45) is 0. The van der Waals surface area contributed by atoms with Gasteiger partial charge in [0.1, 0.15) is 5.82 Å². The van der Waals surface area contributed by atoms with E-state index in [9.17, 15) is 0 Å². The van der Waals surface area contributed by atoms with Crippen LogP contribution in [0.5, 0.6) is 0 Å². The Morgan fingerprint density at radius 3 is 2.62 bits per heavy atom. The van der Waals surface area contributed by atoms with E-state index < -0.39 is 0 Å². The molecule has 0 radical (unpaired) electrons. The summed E-state index contributed by atoms with van der Waals surface area (Å²) in [5, 5.41) is 4.03. The smallest absolute Gasteiger partial charge is 0.129 e. The first-order chi connectivity index (χ1) is 9.95. The van der Waals surface area contributed by atoms with Crippen LogP contribution in [0.1, 0.15) is 24.4 Å². The second kappa shape index (κ2) is 7.45. The molecule has 0 atom stereocenters. The topological polar surface area (TPSA) is 28.2 Å². The molecule has 0 aliphatic heterocycles. The van der Waals surface area contributed by atoms with Crippen LogP contribution in [-0.2, 0) is 13.1 Å². The fraction of sp³-hybridized carbons (Fsp3) is 0.400. The van der Waals surface area contributed by atoms with Gasteiger partial charge in [0, 0.05) is 24.5 Å². The van der Waals surface area contributed by atoms with Gasteiger partial charge in [-0.15, -0.1) is 11.3 Å². The number of anilines is 1. The summed E-state index contributed by atoms with van der Waals surface area (Å²) in [7, 11) is 2.02. The van der Waals surface area contributed by atoms with Crippen LogP contribution in [0.4, 0.5) is 5.82 Å².